The van der Waals surface area contributed by atoms with Crippen LogP contribution in [-0.2, 0) is 9.84 Å². The van der Waals surface area contributed by atoms with Crippen LogP contribution in [0.4, 0.5) is 5.95 Å². The molecule has 3 rings (SSSR count). The average Bonchev–Trinajstić information content (AvgIpc) is 2.79. The molecule has 0 bridgehead atoms. The Balaban J connectivity index is 2.21. The second-order valence-corrected chi connectivity index (χ2v) is 6.93. The van der Waals surface area contributed by atoms with Gasteiger partial charge in [-0.15, -0.1) is 0 Å². The summed E-state index contributed by atoms with van der Waals surface area (Å²) in [6, 6.07) is 8.40. The number of hydrogen-bond donors (Lipinski definition) is 1. The van der Waals surface area contributed by atoms with Crippen molar-refractivity contribution in [1.29, 1.82) is 0 Å². The van der Waals surface area contributed by atoms with Gasteiger partial charge in [-0.3, -0.25) is 4.40 Å². The minimum Gasteiger partial charge on any atom is -0.369 e. The lowest BCUT2D eigenvalue weighted by molar-refractivity contribution is 0.602. The fourth-order valence-corrected chi connectivity index (χ4v) is 2.83. The number of nitrogen functional groups attached to an aromatic ring is 1. The second-order valence-electron chi connectivity index (χ2n) is 4.91. The molecule has 0 atom stereocenters. The maximum Gasteiger partial charge on any atom is 0.206 e. The number of aryl methyl sites for hydroxylation is 1. The number of nitrogens with zero attached hydrogens (tertiary/aromatic N) is 3. The van der Waals surface area contributed by atoms with Crippen molar-refractivity contribution in [2.24, 2.45) is 0 Å². The molecule has 2 N–H and O–H groups in total. The van der Waals surface area contributed by atoms with Crippen LogP contribution in [0.1, 0.15) is 5.69 Å². The lowest BCUT2D eigenvalue weighted by atomic mass is 10.1. The van der Waals surface area contributed by atoms with E-state index in [9.17, 15) is 8.42 Å². The number of rotatable bonds is 2. The summed E-state index contributed by atoms with van der Waals surface area (Å²) in [4.78, 5) is 8.92. The van der Waals surface area contributed by atoms with E-state index in [-0.39, 0.29) is 4.90 Å². The third-order valence-electron chi connectivity index (χ3n) is 3.16. The van der Waals surface area contributed by atoms with Crippen LogP contribution in [0.25, 0.3) is 16.9 Å². The van der Waals surface area contributed by atoms with E-state index in [0.29, 0.717) is 22.9 Å². The molecular weight excluding hydrogens is 288 g/mol. The van der Waals surface area contributed by atoms with E-state index in [1.165, 1.54) is 6.26 Å². The fraction of sp³-hybridized carbons (Fsp3) is 0.143. The van der Waals surface area contributed by atoms with Crippen LogP contribution in [0, 0.1) is 6.92 Å². The second kappa shape index (κ2) is 4.56. The first kappa shape index (κ1) is 13.6. The molecule has 6 nitrogen and oxygen atoms in total. The van der Waals surface area contributed by atoms with Gasteiger partial charge in [0.1, 0.15) is 5.65 Å². The van der Waals surface area contributed by atoms with Gasteiger partial charge in [0.25, 0.3) is 0 Å². The molecule has 2 aromatic heterocycles. The SMILES string of the molecule is Cc1cn2c(N)nc(-c3cccc(S(C)(=O)=O)c3)cc2n1. The molecule has 0 radical (unpaired) electrons. The molecule has 0 aliphatic heterocycles. The zero-order valence-electron chi connectivity index (χ0n) is 11.6. The van der Waals surface area contributed by atoms with Crippen LogP contribution in [0.3, 0.4) is 0 Å². The summed E-state index contributed by atoms with van der Waals surface area (Å²) in [6.07, 6.45) is 2.98. The highest BCUT2D eigenvalue weighted by Crippen LogP contribution is 2.23. The van der Waals surface area contributed by atoms with E-state index in [1.54, 1.807) is 40.9 Å². The lowest BCUT2D eigenvalue weighted by Gasteiger charge is -2.06. The molecule has 7 heteroatoms. The topological polar surface area (TPSA) is 90.4 Å². The third kappa shape index (κ3) is 2.47. The molecule has 0 unspecified atom stereocenters. The Labute approximate surface area is 122 Å². The zero-order chi connectivity index (χ0) is 15.2. The lowest BCUT2D eigenvalue weighted by Crippen LogP contribution is -2.02. The molecule has 0 saturated carbocycles. The molecule has 0 aliphatic carbocycles. The summed E-state index contributed by atoms with van der Waals surface area (Å²) < 4.78 is 25.0. The number of benzene rings is 1. The van der Waals surface area contributed by atoms with Crippen LogP contribution < -0.4 is 5.73 Å². The van der Waals surface area contributed by atoms with Gasteiger partial charge in [0.15, 0.2) is 9.84 Å². The number of aromatic nitrogens is 3. The summed E-state index contributed by atoms with van der Waals surface area (Å²) in [7, 11) is -3.26. The van der Waals surface area contributed by atoms with Crippen molar-refractivity contribution < 1.29 is 8.42 Å². The Kier molecular flexibility index (Phi) is 2.94. The largest absolute Gasteiger partial charge is 0.369 e. The first-order valence-electron chi connectivity index (χ1n) is 6.27. The van der Waals surface area contributed by atoms with Gasteiger partial charge in [0.2, 0.25) is 5.95 Å². The molecule has 108 valence electrons. The Morgan fingerprint density at radius 3 is 2.67 bits per heavy atom. The van der Waals surface area contributed by atoms with Crippen molar-refractivity contribution in [2.45, 2.75) is 11.8 Å². The fourth-order valence-electron chi connectivity index (χ4n) is 2.17. The van der Waals surface area contributed by atoms with Gasteiger partial charge in [-0.1, -0.05) is 12.1 Å². The van der Waals surface area contributed by atoms with E-state index < -0.39 is 9.84 Å². The predicted molar refractivity (Wildman–Crippen MR) is 80.7 cm³/mol. The molecule has 21 heavy (non-hydrogen) atoms. The predicted octanol–water partition coefficient (Wildman–Crippen LogP) is 1.69. The summed E-state index contributed by atoms with van der Waals surface area (Å²) in [5, 5.41) is 0. The van der Waals surface area contributed by atoms with Gasteiger partial charge >= 0.3 is 0 Å². The monoisotopic (exact) mass is 302 g/mol. The van der Waals surface area contributed by atoms with Crippen LogP contribution >= 0.6 is 0 Å². The maximum atomic E-state index is 11.6. The number of anilines is 1. The molecular formula is C14H14N4O2S. The van der Waals surface area contributed by atoms with Gasteiger partial charge in [-0.05, 0) is 19.1 Å². The van der Waals surface area contributed by atoms with E-state index in [2.05, 4.69) is 9.97 Å². The maximum absolute atomic E-state index is 11.6. The normalized spacial score (nSPS) is 11.9. The standard InChI is InChI=1S/C14H14N4O2S/c1-9-8-18-13(16-9)7-12(17-14(18)15)10-4-3-5-11(6-10)21(2,19)20/h3-8H,1-2H3,(H2,15,17). The molecule has 0 amide bonds. The van der Waals surface area contributed by atoms with Crippen molar-refractivity contribution in [1.82, 2.24) is 14.4 Å². The van der Waals surface area contributed by atoms with Crippen LogP contribution in [0.15, 0.2) is 41.4 Å². The number of hydrogen-bond acceptors (Lipinski definition) is 5. The highest BCUT2D eigenvalue weighted by molar-refractivity contribution is 7.90. The molecule has 0 fully saturated rings. The molecule has 0 saturated heterocycles. The van der Waals surface area contributed by atoms with E-state index >= 15 is 0 Å². The highest BCUT2D eigenvalue weighted by atomic mass is 32.2. The third-order valence-corrected chi connectivity index (χ3v) is 4.27. The average molecular weight is 302 g/mol. The number of imidazole rings is 1. The number of fused-ring (bicyclic) bond motifs is 1. The Morgan fingerprint density at radius 2 is 1.95 bits per heavy atom. The number of nitrogens with two attached hydrogens (primary N) is 1. The minimum atomic E-state index is -3.26. The van der Waals surface area contributed by atoms with E-state index in [0.717, 1.165) is 5.69 Å². The summed E-state index contributed by atoms with van der Waals surface area (Å²) in [6.45, 7) is 1.87. The van der Waals surface area contributed by atoms with Gasteiger partial charge < -0.3 is 5.73 Å². The van der Waals surface area contributed by atoms with Crippen molar-refractivity contribution >= 4 is 21.4 Å². The van der Waals surface area contributed by atoms with Gasteiger partial charge in [0.05, 0.1) is 16.3 Å². The summed E-state index contributed by atoms with van der Waals surface area (Å²) in [5.41, 5.74) is 8.73. The molecule has 2 heterocycles. The van der Waals surface area contributed by atoms with Crippen molar-refractivity contribution in [3.05, 3.63) is 42.2 Å². The smallest absolute Gasteiger partial charge is 0.206 e. The molecule has 1 aromatic carbocycles. The zero-order valence-corrected chi connectivity index (χ0v) is 12.4. The van der Waals surface area contributed by atoms with Crippen molar-refractivity contribution in [3.8, 4) is 11.3 Å². The van der Waals surface area contributed by atoms with Crippen LogP contribution in [-0.4, -0.2) is 29.0 Å². The molecule has 0 spiro atoms. The number of sulfone groups is 1. The summed E-state index contributed by atoms with van der Waals surface area (Å²) in [5.74, 6) is 0.313. The Bertz CT molecular complexity index is 945. The van der Waals surface area contributed by atoms with E-state index in [4.69, 9.17) is 5.73 Å². The van der Waals surface area contributed by atoms with Crippen LogP contribution in [0.2, 0.25) is 0 Å². The van der Waals surface area contributed by atoms with Gasteiger partial charge in [-0.2, -0.15) is 0 Å². The van der Waals surface area contributed by atoms with Crippen molar-refractivity contribution in [3.63, 3.8) is 0 Å². The molecule has 3 aromatic rings. The quantitative estimate of drug-likeness (QED) is 0.778. The van der Waals surface area contributed by atoms with Crippen LogP contribution in [0.5, 0.6) is 0 Å². The Hall–Kier alpha value is -2.41. The van der Waals surface area contributed by atoms with Gasteiger partial charge in [0, 0.05) is 24.1 Å². The first-order chi connectivity index (χ1) is 9.84. The first-order valence-corrected chi connectivity index (χ1v) is 8.16. The minimum absolute atomic E-state index is 0.250. The highest BCUT2D eigenvalue weighted by Gasteiger charge is 2.11. The van der Waals surface area contributed by atoms with E-state index in [1.807, 2.05) is 6.92 Å². The molecule has 0 aliphatic rings. The summed E-state index contributed by atoms with van der Waals surface area (Å²) >= 11 is 0. The Morgan fingerprint density at radius 1 is 1.19 bits per heavy atom. The van der Waals surface area contributed by atoms with Crippen molar-refractivity contribution in [2.75, 3.05) is 12.0 Å². The van der Waals surface area contributed by atoms with Gasteiger partial charge in [-0.25, -0.2) is 18.4 Å².